The molecule has 0 amide bonds. The summed E-state index contributed by atoms with van der Waals surface area (Å²) < 4.78 is 11.6. The highest BCUT2D eigenvalue weighted by atomic mass is 35.5. The van der Waals surface area contributed by atoms with Crippen LogP contribution in [0.3, 0.4) is 0 Å². The van der Waals surface area contributed by atoms with E-state index in [1.807, 2.05) is 6.07 Å². The summed E-state index contributed by atoms with van der Waals surface area (Å²) in [5.41, 5.74) is 3.64. The molecule has 1 aromatic carbocycles. The van der Waals surface area contributed by atoms with Crippen molar-refractivity contribution in [1.82, 2.24) is 10.2 Å². The number of aromatic nitrogens is 2. The first-order chi connectivity index (χ1) is 13.2. The van der Waals surface area contributed by atoms with E-state index in [0.717, 1.165) is 68.0 Å². The van der Waals surface area contributed by atoms with Gasteiger partial charge in [0.2, 0.25) is 0 Å². The third-order valence-electron chi connectivity index (χ3n) is 5.75. The van der Waals surface area contributed by atoms with E-state index in [1.165, 1.54) is 0 Å². The molecular formula is C20H22ClN3O3. The SMILES string of the molecule is Oc1cc(Cl)ccc1-c1nnc(NC2CCOCC2)c2c1C[C@H]1CC[C@@H]2O1. The Morgan fingerprint density at radius 3 is 2.78 bits per heavy atom. The van der Waals surface area contributed by atoms with Gasteiger partial charge in [-0.25, -0.2) is 0 Å². The van der Waals surface area contributed by atoms with Crippen molar-refractivity contribution in [1.29, 1.82) is 0 Å². The van der Waals surface area contributed by atoms with Crippen LogP contribution in [0.25, 0.3) is 11.3 Å². The quantitative estimate of drug-likeness (QED) is 0.832. The van der Waals surface area contributed by atoms with Gasteiger partial charge in [0.05, 0.1) is 12.2 Å². The van der Waals surface area contributed by atoms with E-state index in [4.69, 9.17) is 21.1 Å². The number of phenols is 1. The molecule has 0 aliphatic carbocycles. The molecule has 2 bridgehead atoms. The second-order valence-electron chi connectivity index (χ2n) is 7.51. The lowest BCUT2D eigenvalue weighted by molar-refractivity contribution is 0.0325. The van der Waals surface area contributed by atoms with Gasteiger partial charge in [-0.1, -0.05) is 11.6 Å². The first-order valence-electron chi connectivity index (χ1n) is 9.57. The molecule has 3 aliphatic rings. The van der Waals surface area contributed by atoms with Gasteiger partial charge in [-0.05, 0) is 49.4 Å². The minimum Gasteiger partial charge on any atom is -0.507 e. The molecule has 6 nitrogen and oxygen atoms in total. The van der Waals surface area contributed by atoms with E-state index >= 15 is 0 Å². The molecule has 2 atom stereocenters. The number of nitrogens with one attached hydrogen (secondary N) is 1. The standard InChI is InChI=1S/C20H22ClN3O3/c21-11-1-3-14(16(25)9-11)19-15-10-13-2-4-17(27-13)18(15)20(24-23-19)22-12-5-7-26-8-6-12/h1,3,9,12-13,17,25H,2,4-8,10H2,(H,22,24)/t13-,17+/m1/s1. The van der Waals surface area contributed by atoms with Crippen LogP contribution in [-0.4, -0.2) is 40.7 Å². The molecule has 27 heavy (non-hydrogen) atoms. The average molecular weight is 388 g/mol. The molecular weight excluding hydrogens is 366 g/mol. The Balaban J connectivity index is 1.59. The molecule has 2 fully saturated rings. The van der Waals surface area contributed by atoms with Gasteiger partial charge in [-0.2, -0.15) is 0 Å². The second-order valence-corrected chi connectivity index (χ2v) is 7.95. The minimum atomic E-state index is 0.0461. The largest absolute Gasteiger partial charge is 0.507 e. The fraction of sp³-hybridized carbons (Fsp3) is 0.500. The van der Waals surface area contributed by atoms with Crippen LogP contribution in [0.5, 0.6) is 5.75 Å². The number of benzene rings is 1. The fourth-order valence-electron chi connectivity index (χ4n) is 4.40. The molecule has 0 saturated carbocycles. The number of fused-ring (bicyclic) bond motifs is 4. The lowest BCUT2D eigenvalue weighted by atomic mass is 9.93. The number of halogens is 1. The number of hydrogen-bond donors (Lipinski definition) is 2. The molecule has 2 saturated heterocycles. The number of aromatic hydroxyl groups is 1. The van der Waals surface area contributed by atoms with Crippen molar-refractivity contribution in [3.63, 3.8) is 0 Å². The van der Waals surface area contributed by atoms with E-state index < -0.39 is 0 Å². The lowest BCUT2D eigenvalue weighted by Crippen LogP contribution is -2.30. The van der Waals surface area contributed by atoms with Crippen LogP contribution in [0.15, 0.2) is 18.2 Å². The Morgan fingerprint density at radius 2 is 1.96 bits per heavy atom. The molecule has 3 aliphatic heterocycles. The van der Waals surface area contributed by atoms with Gasteiger partial charge in [0, 0.05) is 41.8 Å². The van der Waals surface area contributed by atoms with Crippen molar-refractivity contribution in [2.75, 3.05) is 18.5 Å². The molecule has 5 rings (SSSR count). The summed E-state index contributed by atoms with van der Waals surface area (Å²) in [6.45, 7) is 1.54. The van der Waals surface area contributed by atoms with E-state index in [1.54, 1.807) is 12.1 Å². The maximum Gasteiger partial charge on any atom is 0.155 e. The summed E-state index contributed by atoms with van der Waals surface area (Å²) in [6, 6.07) is 5.47. The lowest BCUT2D eigenvalue weighted by Gasteiger charge is -2.30. The molecule has 0 radical (unpaired) electrons. The molecule has 2 N–H and O–H groups in total. The summed E-state index contributed by atoms with van der Waals surface area (Å²) >= 11 is 6.00. The van der Waals surface area contributed by atoms with Crippen LogP contribution >= 0.6 is 11.6 Å². The zero-order valence-electron chi connectivity index (χ0n) is 14.9. The Morgan fingerprint density at radius 1 is 1.11 bits per heavy atom. The topological polar surface area (TPSA) is 76.5 Å². The molecule has 7 heteroatoms. The maximum atomic E-state index is 10.4. The smallest absolute Gasteiger partial charge is 0.155 e. The summed E-state index contributed by atoms with van der Waals surface area (Å²) in [4.78, 5) is 0. The third kappa shape index (κ3) is 3.16. The molecule has 0 unspecified atom stereocenters. The van der Waals surface area contributed by atoms with Crippen LogP contribution < -0.4 is 5.32 Å². The zero-order chi connectivity index (χ0) is 18.4. The van der Waals surface area contributed by atoms with Crippen LogP contribution in [0.4, 0.5) is 5.82 Å². The first kappa shape index (κ1) is 17.2. The summed E-state index contributed by atoms with van der Waals surface area (Å²) in [5.74, 6) is 0.947. The van der Waals surface area contributed by atoms with E-state index in [-0.39, 0.29) is 18.0 Å². The minimum absolute atomic E-state index is 0.0461. The van der Waals surface area contributed by atoms with Crippen molar-refractivity contribution in [2.45, 2.75) is 50.4 Å². The summed E-state index contributed by atoms with van der Waals surface area (Å²) in [6.07, 6.45) is 5.02. The van der Waals surface area contributed by atoms with Gasteiger partial charge in [0.15, 0.2) is 5.82 Å². The van der Waals surface area contributed by atoms with Crippen molar-refractivity contribution >= 4 is 17.4 Å². The van der Waals surface area contributed by atoms with Gasteiger partial charge in [0.25, 0.3) is 0 Å². The van der Waals surface area contributed by atoms with Crippen LogP contribution in [0.2, 0.25) is 5.02 Å². The number of anilines is 1. The number of phenolic OH excluding ortho intramolecular Hbond substituents is 1. The Bertz CT molecular complexity index is 870. The van der Waals surface area contributed by atoms with Crippen molar-refractivity contribution < 1.29 is 14.6 Å². The normalized spacial score (nSPS) is 24.6. The second kappa shape index (κ2) is 6.93. The first-order valence-corrected chi connectivity index (χ1v) is 9.95. The molecule has 0 spiro atoms. The van der Waals surface area contributed by atoms with Crippen molar-refractivity contribution in [2.24, 2.45) is 0 Å². The number of rotatable bonds is 3. The summed E-state index contributed by atoms with van der Waals surface area (Å²) in [5, 5.41) is 23.5. The number of ether oxygens (including phenoxy) is 2. The number of nitrogens with zero attached hydrogens (tertiary/aromatic N) is 2. The zero-order valence-corrected chi connectivity index (χ0v) is 15.7. The average Bonchev–Trinajstić information content (AvgIpc) is 3.04. The predicted octanol–water partition coefficient (Wildman–Crippen LogP) is 3.87. The number of hydrogen-bond acceptors (Lipinski definition) is 6. The van der Waals surface area contributed by atoms with Crippen LogP contribution in [0, 0.1) is 0 Å². The molecule has 142 valence electrons. The predicted molar refractivity (Wildman–Crippen MR) is 102 cm³/mol. The van der Waals surface area contributed by atoms with Crippen LogP contribution in [-0.2, 0) is 15.9 Å². The monoisotopic (exact) mass is 387 g/mol. The van der Waals surface area contributed by atoms with E-state index in [0.29, 0.717) is 16.6 Å². The highest BCUT2D eigenvalue weighted by molar-refractivity contribution is 6.30. The van der Waals surface area contributed by atoms with Gasteiger partial charge < -0.3 is 19.9 Å². The summed E-state index contributed by atoms with van der Waals surface area (Å²) in [7, 11) is 0. The third-order valence-corrected chi connectivity index (χ3v) is 5.99. The van der Waals surface area contributed by atoms with Gasteiger partial charge in [-0.3, -0.25) is 0 Å². The van der Waals surface area contributed by atoms with Gasteiger partial charge >= 0.3 is 0 Å². The van der Waals surface area contributed by atoms with Crippen molar-refractivity contribution in [3.05, 3.63) is 34.3 Å². The maximum absolute atomic E-state index is 10.4. The molecule has 1 aromatic heterocycles. The van der Waals surface area contributed by atoms with Crippen molar-refractivity contribution in [3.8, 4) is 17.0 Å². The van der Waals surface area contributed by atoms with Crippen LogP contribution in [0.1, 0.15) is 42.9 Å². The van der Waals surface area contributed by atoms with E-state index in [2.05, 4.69) is 15.5 Å². The van der Waals surface area contributed by atoms with Gasteiger partial charge in [0.1, 0.15) is 11.4 Å². The van der Waals surface area contributed by atoms with Gasteiger partial charge in [-0.15, -0.1) is 10.2 Å². The highest BCUT2D eigenvalue weighted by Crippen LogP contribution is 2.47. The molecule has 2 aromatic rings. The fourth-order valence-corrected chi connectivity index (χ4v) is 4.56. The Kier molecular flexibility index (Phi) is 4.42. The highest BCUT2D eigenvalue weighted by Gasteiger charge is 2.38. The van der Waals surface area contributed by atoms with E-state index in [9.17, 15) is 5.11 Å². The molecule has 4 heterocycles. The Hall–Kier alpha value is -1.89. The Labute approximate surface area is 162 Å².